The second-order valence-electron chi connectivity index (χ2n) is 9.59. The van der Waals surface area contributed by atoms with Gasteiger partial charge in [0.05, 0.1) is 22.8 Å². The lowest BCUT2D eigenvalue weighted by molar-refractivity contribution is 0.0932. The van der Waals surface area contributed by atoms with Gasteiger partial charge in [0.2, 0.25) is 0 Å². The third kappa shape index (κ3) is 5.31. The highest BCUT2D eigenvalue weighted by molar-refractivity contribution is 6.09. The number of para-hydroxylation sites is 1. The number of carbonyl (C=O) groups is 2. The topological polar surface area (TPSA) is 74.3 Å². The van der Waals surface area contributed by atoms with E-state index in [0.29, 0.717) is 27.7 Å². The van der Waals surface area contributed by atoms with Crippen molar-refractivity contribution in [3.8, 4) is 11.3 Å². The molecule has 188 valence electrons. The van der Waals surface area contributed by atoms with Crippen LogP contribution in [0.4, 0.5) is 9.18 Å². The molecule has 0 radical (unpaired) electrons. The number of hydrogen-bond acceptors (Lipinski definition) is 3. The van der Waals surface area contributed by atoms with Crippen LogP contribution in [0.2, 0.25) is 0 Å². The third-order valence-electron chi connectivity index (χ3n) is 6.68. The average molecular weight is 497 g/mol. The van der Waals surface area contributed by atoms with Gasteiger partial charge in [-0.05, 0) is 42.5 Å². The number of pyridine rings is 1. The minimum atomic E-state index is -0.329. The zero-order valence-electron chi connectivity index (χ0n) is 20.9. The molecule has 1 atom stereocenters. The van der Waals surface area contributed by atoms with Crippen LogP contribution in [0.1, 0.15) is 40.4 Å². The molecule has 1 fully saturated rings. The summed E-state index contributed by atoms with van der Waals surface area (Å²) in [4.78, 5) is 32.9. The molecule has 1 heterocycles. The smallest absolute Gasteiger partial charge is 0.317 e. The van der Waals surface area contributed by atoms with Gasteiger partial charge in [0.25, 0.3) is 5.91 Å². The number of nitrogens with zero attached hydrogens (tertiary/aromatic N) is 2. The molecule has 37 heavy (non-hydrogen) atoms. The van der Waals surface area contributed by atoms with Crippen LogP contribution in [0.15, 0.2) is 78.9 Å². The maximum atomic E-state index is 14.1. The molecule has 1 saturated carbocycles. The molecule has 1 aliphatic rings. The Morgan fingerprint density at radius 1 is 1.00 bits per heavy atom. The number of aromatic nitrogens is 1. The largest absolute Gasteiger partial charge is 0.345 e. The van der Waals surface area contributed by atoms with Crippen molar-refractivity contribution in [2.75, 3.05) is 14.1 Å². The predicted octanol–water partition coefficient (Wildman–Crippen LogP) is 5.69. The molecule has 0 spiro atoms. The van der Waals surface area contributed by atoms with Crippen LogP contribution in [-0.4, -0.2) is 35.9 Å². The monoisotopic (exact) mass is 496 g/mol. The van der Waals surface area contributed by atoms with Crippen molar-refractivity contribution >= 4 is 22.8 Å². The SMILES string of the molecule is CN(C)C(=O)NCc1c(-c2ccccc2)nc2ccccc2c1C(=O)N[C@H](c1cccc(F)c1)C1CC1. The van der Waals surface area contributed by atoms with Gasteiger partial charge in [-0.15, -0.1) is 0 Å². The Balaban J connectivity index is 1.64. The molecular formula is C30H29FN4O2. The van der Waals surface area contributed by atoms with Gasteiger partial charge in [-0.1, -0.05) is 60.7 Å². The fourth-order valence-electron chi connectivity index (χ4n) is 4.66. The van der Waals surface area contributed by atoms with E-state index in [1.165, 1.54) is 17.0 Å². The van der Waals surface area contributed by atoms with Crippen LogP contribution in [-0.2, 0) is 6.54 Å². The number of carbonyl (C=O) groups excluding carboxylic acids is 2. The van der Waals surface area contributed by atoms with Crippen LogP contribution < -0.4 is 10.6 Å². The Morgan fingerprint density at radius 3 is 2.43 bits per heavy atom. The van der Waals surface area contributed by atoms with Crippen LogP contribution in [0.25, 0.3) is 22.2 Å². The number of benzene rings is 3. The van der Waals surface area contributed by atoms with Crippen LogP contribution in [0.3, 0.4) is 0 Å². The number of fused-ring (bicyclic) bond motifs is 1. The van der Waals surface area contributed by atoms with Gasteiger partial charge in [-0.2, -0.15) is 0 Å². The fraction of sp³-hybridized carbons (Fsp3) is 0.233. The molecule has 1 aromatic heterocycles. The van der Waals surface area contributed by atoms with E-state index in [9.17, 15) is 14.0 Å². The lowest BCUT2D eigenvalue weighted by Crippen LogP contribution is -2.36. The van der Waals surface area contributed by atoms with E-state index >= 15 is 0 Å². The van der Waals surface area contributed by atoms with Crippen LogP contribution >= 0.6 is 0 Å². The molecule has 0 bridgehead atoms. The first-order valence-electron chi connectivity index (χ1n) is 12.4. The summed E-state index contributed by atoms with van der Waals surface area (Å²) in [5, 5.41) is 6.81. The van der Waals surface area contributed by atoms with E-state index in [-0.39, 0.29) is 36.3 Å². The molecule has 5 rings (SSSR count). The third-order valence-corrected chi connectivity index (χ3v) is 6.68. The van der Waals surface area contributed by atoms with Gasteiger partial charge in [0.1, 0.15) is 5.82 Å². The molecule has 7 heteroatoms. The molecule has 0 unspecified atom stereocenters. The van der Waals surface area contributed by atoms with Crippen molar-refractivity contribution in [3.63, 3.8) is 0 Å². The summed E-state index contributed by atoms with van der Waals surface area (Å²) >= 11 is 0. The summed E-state index contributed by atoms with van der Waals surface area (Å²) < 4.78 is 14.1. The summed E-state index contributed by atoms with van der Waals surface area (Å²) in [5.41, 5.74) is 4.01. The molecule has 6 nitrogen and oxygen atoms in total. The lowest BCUT2D eigenvalue weighted by atomic mass is 9.94. The Morgan fingerprint density at radius 2 is 1.73 bits per heavy atom. The van der Waals surface area contributed by atoms with Crippen molar-refractivity contribution in [3.05, 3.63) is 101 Å². The van der Waals surface area contributed by atoms with E-state index < -0.39 is 0 Å². The van der Waals surface area contributed by atoms with E-state index in [2.05, 4.69) is 10.6 Å². The standard InChI is InChI=1S/C30H29FN4O2/c1-35(2)30(37)32-18-24-26(29(36)34-27(20-15-16-20)21-11-8-12-22(31)17-21)23-13-6-7-14-25(23)33-28(24)19-9-4-3-5-10-19/h3-14,17,20,27H,15-16,18H2,1-2H3,(H,32,37)(H,34,36)/t27-/m0/s1. The maximum Gasteiger partial charge on any atom is 0.317 e. The highest BCUT2D eigenvalue weighted by Gasteiger charge is 2.35. The van der Waals surface area contributed by atoms with E-state index in [4.69, 9.17) is 4.98 Å². The van der Waals surface area contributed by atoms with Gasteiger partial charge in [0, 0.05) is 37.2 Å². The second-order valence-corrected chi connectivity index (χ2v) is 9.59. The number of rotatable bonds is 7. The van der Waals surface area contributed by atoms with Crippen LogP contribution in [0.5, 0.6) is 0 Å². The van der Waals surface area contributed by atoms with E-state index in [1.807, 2.05) is 60.7 Å². The zero-order chi connectivity index (χ0) is 25.9. The Bertz CT molecular complexity index is 1450. The maximum absolute atomic E-state index is 14.1. The summed E-state index contributed by atoms with van der Waals surface area (Å²) in [6.07, 6.45) is 1.94. The van der Waals surface area contributed by atoms with Crippen molar-refractivity contribution in [2.24, 2.45) is 5.92 Å². The van der Waals surface area contributed by atoms with Crippen molar-refractivity contribution < 1.29 is 14.0 Å². The Hall–Kier alpha value is -4.26. The first-order chi connectivity index (χ1) is 17.9. The highest BCUT2D eigenvalue weighted by atomic mass is 19.1. The zero-order valence-corrected chi connectivity index (χ0v) is 20.9. The van der Waals surface area contributed by atoms with E-state index in [1.54, 1.807) is 20.2 Å². The van der Waals surface area contributed by atoms with Crippen molar-refractivity contribution in [2.45, 2.75) is 25.4 Å². The summed E-state index contributed by atoms with van der Waals surface area (Å²) in [6.45, 7) is 0.121. The number of hydrogen-bond donors (Lipinski definition) is 2. The minimum Gasteiger partial charge on any atom is -0.345 e. The Kier molecular flexibility index (Phi) is 6.86. The Labute approximate surface area is 215 Å². The first kappa shape index (κ1) is 24.4. The highest BCUT2D eigenvalue weighted by Crippen LogP contribution is 2.41. The second kappa shape index (κ2) is 10.4. The minimum absolute atomic E-state index is 0.121. The first-order valence-corrected chi connectivity index (χ1v) is 12.4. The number of halogens is 1. The molecule has 3 amide bonds. The molecule has 0 aliphatic heterocycles. The van der Waals surface area contributed by atoms with Gasteiger partial charge in [-0.3, -0.25) is 4.79 Å². The van der Waals surface area contributed by atoms with Gasteiger partial charge in [0.15, 0.2) is 0 Å². The summed E-state index contributed by atoms with van der Waals surface area (Å²) in [6, 6.07) is 23.0. The van der Waals surface area contributed by atoms with Crippen LogP contribution in [0, 0.1) is 11.7 Å². The molecule has 0 saturated heterocycles. The van der Waals surface area contributed by atoms with Crippen molar-refractivity contribution in [1.82, 2.24) is 20.5 Å². The molecule has 1 aliphatic carbocycles. The number of nitrogens with one attached hydrogen (secondary N) is 2. The quantitative estimate of drug-likeness (QED) is 0.345. The number of urea groups is 1. The van der Waals surface area contributed by atoms with Gasteiger partial charge in [-0.25, -0.2) is 14.2 Å². The number of amides is 3. The predicted molar refractivity (Wildman–Crippen MR) is 142 cm³/mol. The van der Waals surface area contributed by atoms with Crippen molar-refractivity contribution in [1.29, 1.82) is 0 Å². The lowest BCUT2D eigenvalue weighted by Gasteiger charge is -2.23. The molecule has 4 aromatic rings. The fourth-order valence-corrected chi connectivity index (χ4v) is 4.66. The normalized spacial score (nSPS) is 13.7. The van der Waals surface area contributed by atoms with E-state index in [0.717, 1.165) is 24.0 Å². The van der Waals surface area contributed by atoms with Gasteiger partial charge < -0.3 is 15.5 Å². The molecular weight excluding hydrogens is 467 g/mol. The summed E-state index contributed by atoms with van der Waals surface area (Å²) in [5.74, 6) is -0.347. The summed E-state index contributed by atoms with van der Waals surface area (Å²) in [7, 11) is 3.33. The van der Waals surface area contributed by atoms with Gasteiger partial charge >= 0.3 is 6.03 Å². The molecule has 2 N–H and O–H groups in total. The molecule has 3 aromatic carbocycles. The average Bonchev–Trinajstić information content (AvgIpc) is 3.75.